The van der Waals surface area contributed by atoms with Crippen LogP contribution in [-0.4, -0.2) is 14.5 Å². The van der Waals surface area contributed by atoms with Crippen molar-refractivity contribution < 1.29 is 0 Å². The van der Waals surface area contributed by atoms with Gasteiger partial charge < -0.3 is 4.57 Å². The second-order valence-electron chi connectivity index (χ2n) is 14.2. The molecule has 0 saturated carbocycles. The van der Waals surface area contributed by atoms with Crippen molar-refractivity contribution in [1.29, 1.82) is 0 Å². The van der Waals surface area contributed by atoms with Crippen LogP contribution in [0, 0.1) is 0 Å². The van der Waals surface area contributed by atoms with Gasteiger partial charge in [0.1, 0.15) is 0 Å². The number of para-hydroxylation sites is 1. The Morgan fingerprint density at radius 2 is 1.00 bits per heavy atom. The maximum atomic E-state index is 5.20. The molecule has 1 aliphatic carbocycles. The first-order valence-corrected chi connectivity index (χ1v) is 19.1. The van der Waals surface area contributed by atoms with Gasteiger partial charge in [0.2, 0.25) is 0 Å². The average molecular weight is 704 g/mol. The lowest BCUT2D eigenvalue weighted by Crippen LogP contribution is -1.94. The summed E-state index contributed by atoms with van der Waals surface area (Å²) in [5.74, 6) is 0.745. The minimum Gasteiger partial charge on any atom is -0.309 e. The molecule has 3 heterocycles. The zero-order chi connectivity index (χ0) is 35.3. The monoisotopic (exact) mass is 703 g/mol. The van der Waals surface area contributed by atoms with Gasteiger partial charge in [0.05, 0.1) is 22.2 Å². The molecule has 0 radical (unpaired) electrons. The molecule has 0 saturated heterocycles. The van der Waals surface area contributed by atoms with E-state index in [2.05, 4.69) is 180 Å². The van der Waals surface area contributed by atoms with Gasteiger partial charge in [-0.3, -0.25) is 0 Å². The highest BCUT2D eigenvalue weighted by atomic mass is 32.1. The van der Waals surface area contributed by atoms with E-state index in [-0.39, 0.29) is 0 Å². The zero-order valence-corrected chi connectivity index (χ0v) is 29.8. The van der Waals surface area contributed by atoms with Crippen LogP contribution in [0.4, 0.5) is 0 Å². The van der Waals surface area contributed by atoms with Gasteiger partial charge in [-0.1, -0.05) is 109 Å². The summed E-state index contributed by atoms with van der Waals surface area (Å²) in [5, 5.41) is 6.23. The Morgan fingerprint density at radius 1 is 0.389 bits per heavy atom. The molecule has 12 rings (SSSR count). The van der Waals surface area contributed by atoms with Crippen LogP contribution in [0.15, 0.2) is 176 Å². The molecule has 0 aliphatic heterocycles. The Bertz CT molecular complexity index is 3330. The fourth-order valence-electron chi connectivity index (χ4n) is 8.64. The van der Waals surface area contributed by atoms with E-state index < -0.39 is 0 Å². The molecule has 250 valence electrons. The lowest BCUT2D eigenvalue weighted by atomic mass is 9.98. The lowest BCUT2D eigenvalue weighted by Gasteiger charge is -2.09. The summed E-state index contributed by atoms with van der Waals surface area (Å²) in [7, 11) is 0. The summed E-state index contributed by atoms with van der Waals surface area (Å²) in [6, 6.07) is 63.8. The molecule has 0 unspecified atom stereocenters. The molecule has 11 aromatic rings. The third-order valence-corrected chi connectivity index (χ3v) is 12.3. The van der Waals surface area contributed by atoms with Crippen LogP contribution in [0.25, 0.3) is 115 Å². The smallest absolute Gasteiger partial charge is 0.160 e. The van der Waals surface area contributed by atoms with Crippen LogP contribution in [0.1, 0.15) is 0 Å². The molecule has 1 aliphatic rings. The van der Waals surface area contributed by atoms with Crippen LogP contribution < -0.4 is 0 Å². The molecule has 0 fully saturated rings. The normalized spacial score (nSPS) is 12.1. The van der Waals surface area contributed by atoms with Crippen molar-refractivity contribution in [2.24, 2.45) is 0 Å². The molecule has 3 aromatic heterocycles. The summed E-state index contributed by atoms with van der Waals surface area (Å²) in [6.07, 6.45) is 0. The minimum atomic E-state index is 0.745. The number of nitrogens with zero attached hydrogens (tertiary/aromatic N) is 3. The van der Waals surface area contributed by atoms with E-state index in [4.69, 9.17) is 9.97 Å². The summed E-state index contributed by atoms with van der Waals surface area (Å²) in [5.41, 5.74) is 14.9. The van der Waals surface area contributed by atoms with Crippen LogP contribution >= 0.6 is 11.3 Å². The largest absolute Gasteiger partial charge is 0.309 e. The van der Waals surface area contributed by atoms with Crippen molar-refractivity contribution in [2.45, 2.75) is 0 Å². The molecule has 3 nitrogen and oxygen atoms in total. The first kappa shape index (κ1) is 29.7. The van der Waals surface area contributed by atoms with Crippen LogP contribution in [0.2, 0.25) is 0 Å². The fraction of sp³-hybridized carbons (Fsp3) is 0. The van der Waals surface area contributed by atoms with E-state index in [0.717, 1.165) is 44.8 Å². The van der Waals surface area contributed by atoms with E-state index >= 15 is 0 Å². The van der Waals surface area contributed by atoms with Crippen LogP contribution in [-0.2, 0) is 0 Å². The van der Waals surface area contributed by atoms with Crippen molar-refractivity contribution in [3.63, 3.8) is 0 Å². The van der Waals surface area contributed by atoms with Gasteiger partial charge in [0.25, 0.3) is 0 Å². The van der Waals surface area contributed by atoms with Gasteiger partial charge in [-0.2, -0.15) is 0 Å². The maximum Gasteiger partial charge on any atom is 0.160 e. The maximum absolute atomic E-state index is 5.20. The number of aromatic nitrogens is 3. The van der Waals surface area contributed by atoms with Crippen molar-refractivity contribution in [2.75, 3.05) is 0 Å². The summed E-state index contributed by atoms with van der Waals surface area (Å²) in [4.78, 5) is 10.3. The van der Waals surface area contributed by atoms with Crippen molar-refractivity contribution in [3.8, 4) is 61.7 Å². The van der Waals surface area contributed by atoms with E-state index in [1.165, 1.54) is 69.8 Å². The summed E-state index contributed by atoms with van der Waals surface area (Å²) >= 11 is 1.86. The van der Waals surface area contributed by atoms with Crippen molar-refractivity contribution in [3.05, 3.63) is 176 Å². The van der Waals surface area contributed by atoms with E-state index in [1.54, 1.807) is 0 Å². The topological polar surface area (TPSA) is 30.7 Å². The first-order valence-electron chi connectivity index (χ1n) is 18.3. The predicted octanol–water partition coefficient (Wildman–Crippen LogP) is 13.7. The van der Waals surface area contributed by atoms with Gasteiger partial charge in [0, 0.05) is 53.1 Å². The molecule has 8 aromatic carbocycles. The van der Waals surface area contributed by atoms with Gasteiger partial charge in [-0.25, -0.2) is 9.97 Å². The standard InChI is InChI=1S/C50H29N3S/c1-2-12-35(13-3-1)53-44-23-20-31(27-40(44)41-28-32(21-24-45(41)53)33-22-25-47-42(29-33)37-15-6-7-19-46(37)54-47)30-10-8-11-34(26-30)50-51-43-18-9-17-38-36-14-4-5-16-39(36)49(52-50)48(38)43/h1-29H. The Morgan fingerprint density at radius 3 is 1.81 bits per heavy atom. The number of hydrogen-bond acceptors (Lipinski definition) is 3. The van der Waals surface area contributed by atoms with Crippen molar-refractivity contribution in [1.82, 2.24) is 14.5 Å². The number of rotatable bonds is 4. The predicted molar refractivity (Wildman–Crippen MR) is 228 cm³/mol. The van der Waals surface area contributed by atoms with E-state index in [1.807, 2.05) is 11.3 Å². The molecule has 0 atom stereocenters. The molecule has 4 heteroatoms. The Hall–Kier alpha value is -6.88. The van der Waals surface area contributed by atoms with Crippen LogP contribution in [0.5, 0.6) is 0 Å². The van der Waals surface area contributed by atoms with Gasteiger partial charge in [-0.15, -0.1) is 11.3 Å². The lowest BCUT2D eigenvalue weighted by molar-refractivity contribution is 1.18. The van der Waals surface area contributed by atoms with Crippen molar-refractivity contribution >= 4 is 64.2 Å². The molecule has 0 bridgehead atoms. The highest BCUT2D eigenvalue weighted by Gasteiger charge is 2.24. The molecule has 0 N–H and O–H groups in total. The Balaban J connectivity index is 1.02. The SMILES string of the molecule is c1ccc(-n2c3ccc(-c4cccc(-c5nc6c7c(cccc7n5)-c5ccccc5-6)c4)cc3c3cc(-c4ccc5sc6ccccc6c5c4)ccc32)cc1. The van der Waals surface area contributed by atoms with Gasteiger partial charge in [0.15, 0.2) is 5.82 Å². The number of benzene rings is 8. The third kappa shape index (κ3) is 4.35. The van der Waals surface area contributed by atoms with Gasteiger partial charge in [-0.05, 0) is 100 Å². The zero-order valence-electron chi connectivity index (χ0n) is 29.0. The minimum absolute atomic E-state index is 0.745. The molecule has 0 amide bonds. The first-order chi connectivity index (χ1) is 26.7. The molecular formula is C50H29N3S. The molecular weight excluding hydrogens is 675 g/mol. The number of hydrogen-bond donors (Lipinski definition) is 0. The van der Waals surface area contributed by atoms with Gasteiger partial charge >= 0.3 is 0 Å². The second kappa shape index (κ2) is 11.3. The summed E-state index contributed by atoms with van der Waals surface area (Å²) < 4.78 is 5.04. The van der Waals surface area contributed by atoms with E-state index in [0.29, 0.717) is 0 Å². The average Bonchev–Trinajstić information content (AvgIpc) is 3.89. The molecule has 0 spiro atoms. The van der Waals surface area contributed by atoms with E-state index in [9.17, 15) is 0 Å². The highest BCUT2D eigenvalue weighted by molar-refractivity contribution is 7.25. The number of fused-ring (bicyclic) bond motifs is 9. The second-order valence-corrected chi connectivity index (χ2v) is 15.2. The summed E-state index contributed by atoms with van der Waals surface area (Å²) in [6.45, 7) is 0. The highest BCUT2D eigenvalue weighted by Crippen LogP contribution is 2.46. The van der Waals surface area contributed by atoms with Crippen LogP contribution in [0.3, 0.4) is 0 Å². The quantitative estimate of drug-likeness (QED) is 0.183. The molecule has 54 heavy (non-hydrogen) atoms. The fourth-order valence-corrected chi connectivity index (χ4v) is 9.72. The number of thiophene rings is 1. The Kier molecular flexibility index (Phi) is 6.21. The third-order valence-electron chi connectivity index (χ3n) is 11.1. The Labute approximate surface area is 315 Å².